The number of aromatic nitrogens is 3. The Kier molecular flexibility index (Phi) is 4.79. The van der Waals surface area contributed by atoms with Gasteiger partial charge in [-0.05, 0) is 37.6 Å². The molecule has 0 spiro atoms. The van der Waals surface area contributed by atoms with Crippen LogP contribution >= 0.6 is 0 Å². The highest BCUT2D eigenvalue weighted by Crippen LogP contribution is 2.32. The van der Waals surface area contributed by atoms with E-state index >= 15 is 0 Å². The number of ether oxygens (including phenoxy) is 2. The van der Waals surface area contributed by atoms with Gasteiger partial charge in [-0.15, -0.1) is 5.10 Å². The fraction of sp³-hybridized carbons (Fsp3) is 0.211. The zero-order valence-corrected chi connectivity index (χ0v) is 14.3. The van der Waals surface area contributed by atoms with Crippen molar-refractivity contribution in [3.63, 3.8) is 0 Å². The monoisotopic (exact) mass is 337 g/mol. The second kappa shape index (κ2) is 7.17. The van der Waals surface area contributed by atoms with Crippen LogP contribution in [0.4, 0.5) is 0 Å². The normalized spacial score (nSPS) is 10.7. The Morgan fingerprint density at radius 3 is 2.48 bits per heavy atom. The maximum Gasteiger partial charge on any atom is 0.246 e. The minimum Gasteiger partial charge on any atom is -0.490 e. The molecule has 3 rings (SSSR count). The number of carbonyl (C=O) groups excluding carboxylic acids is 1. The van der Waals surface area contributed by atoms with Crippen LogP contribution in [0.25, 0.3) is 11.1 Å². The van der Waals surface area contributed by atoms with E-state index in [0.717, 1.165) is 16.9 Å². The first-order valence-electron chi connectivity index (χ1n) is 8.00. The SMILES string of the molecule is CC(=O)c1nn[nH]c1Oc1ccc(-c2ccccc2OC(C)C)cc1. The third-order valence-corrected chi connectivity index (χ3v) is 3.49. The molecule has 0 aliphatic heterocycles. The first kappa shape index (κ1) is 16.7. The molecular formula is C19H19N3O3. The lowest BCUT2D eigenvalue weighted by molar-refractivity contribution is 0.101. The van der Waals surface area contributed by atoms with Crippen molar-refractivity contribution in [2.24, 2.45) is 0 Å². The number of nitrogens with zero attached hydrogens (tertiary/aromatic N) is 2. The van der Waals surface area contributed by atoms with Gasteiger partial charge in [-0.25, -0.2) is 5.10 Å². The third-order valence-electron chi connectivity index (χ3n) is 3.49. The Morgan fingerprint density at radius 2 is 1.80 bits per heavy atom. The summed E-state index contributed by atoms with van der Waals surface area (Å²) in [7, 11) is 0. The number of para-hydroxylation sites is 1. The van der Waals surface area contributed by atoms with Crippen molar-refractivity contribution in [3.05, 3.63) is 54.2 Å². The predicted molar refractivity (Wildman–Crippen MR) is 94.1 cm³/mol. The van der Waals surface area contributed by atoms with Gasteiger partial charge < -0.3 is 9.47 Å². The van der Waals surface area contributed by atoms with Crippen molar-refractivity contribution >= 4 is 5.78 Å². The summed E-state index contributed by atoms with van der Waals surface area (Å²) in [6, 6.07) is 15.4. The molecule has 0 atom stereocenters. The van der Waals surface area contributed by atoms with Crippen LogP contribution in [-0.4, -0.2) is 27.3 Å². The topological polar surface area (TPSA) is 77.1 Å². The van der Waals surface area contributed by atoms with Crippen LogP contribution in [-0.2, 0) is 0 Å². The van der Waals surface area contributed by atoms with Crippen molar-refractivity contribution in [2.45, 2.75) is 26.9 Å². The van der Waals surface area contributed by atoms with Gasteiger partial charge in [0, 0.05) is 12.5 Å². The largest absolute Gasteiger partial charge is 0.490 e. The number of H-pyrrole nitrogens is 1. The average Bonchev–Trinajstić information content (AvgIpc) is 3.04. The lowest BCUT2D eigenvalue weighted by Gasteiger charge is -2.14. The Labute approximate surface area is 145 Å². The number of carbonyl (C=O) groups is 1. The molecule has 6 nitrogen and oxygen atoms in total. The number of nitrogens with one attached hydrogen (secondary N) is 1. The molecule has 0 bridgehead atoms. The lowest BCUT2D eigenvalue weighted by Crippen LogP contribution is -2.06. The van der Waals surface area contributed by atoms with E-state index in [1.54, 1.807) is 0 Å². The lowest BCUT2D eigenvalue weighted by atomic mass is 10.0. The van der Waals surface area contributed by atoms with Gasteiger partial charge in [-0.3, -0.25) is 4.79 Å². The molecule has 0 saturated carbocycles. The van der Waals surface area contributed by atoms with Crippen molar-refractivity contribution in [1.82, 2.24) is 15.4 Å². The van der Waals surface area contributed by atoms with E-state index in [9.17, 15) is 4.79 Å². The summed E-state index contributed by atoms with van der Waals surface area (Å²) in [5, 5.41) is 9.91. The van der Waals surface area contributed by atoms with Crippen LogP contribution < -0.4 is 9.47 Å². The van der Waals surface area contributed by atoms with Gasteiger partial charge in [0.15, 0.2) is 11.5 Å². The van der Waals surface area contributed by atoms with E-state index < -0.39 is 0 Å². The van der Waals surface area contributed by atoms with Crippen molar-refractivity contribution < 1.29 is 14.3 Å². The molecule has 1 N–H and O–H groups in total. The Bertz CT molecular complexity index is 870. The maximum absolute atomic E-state index is 11.5. The molecule has 3 aromatic rings. The first-order chi connectivity index (χ1) is 12.0. The summed E-state index contributed by atoms with van der Waals surface area (Å²) in [5.41, 5.74) is 2.20. The minimum absolute atomic E-state index is 0.0987. The van der Waals surface area contributed by atoms with Crippen LogP contribution in [0.1, 0.15) is 31.3 Å². The van der Waals surface area contributed by atoms with E-state index in [4.69, 9.17) is 9.47 Å². The van der Waals surface area contributed by atoms with Gasteiger partial charge >= 0.3 is 0 Å². The fourth-order valence-electron chi connectivity index (χ4n) is 2.40. The summed E-state index contributed by atoms with van der Waals surface area (Å²) in [5.74, 6) is 1.45. The van der Waals surface area contributed by atoms with Crippen molar-refractivity contribution in [3.8, 4) is 28.5 Å². The third kappa shape index (κ3) is 3.85. The number of Topliss-reactive ketones (excluding diaryl/α,β-unsaturated/α-hetero) is 1. The van der Waals surface area contributed by atoms with E-state index in [-0.39, 0.29) is 23.5 Å². The summed E-state index contributed by atoms with van der Waals surface area (Å²) in [4.78, 5) is 11.5. The maximum atomic E-state index is 11.5. The van der Waals surface area contributed by atoms with Crippen LogP contribution in [0.3, 0.4) is 0 Å². The fourth-order valence-corrected chi connectivity index (χ4v) is 2.40. The number of ketones is 1. The first-order valence-corrected chi connectivity index (χ1v) is 8.00. The molecule has 0 aliphatic carbocycles. The highest BCUT2D eigenvalue weighted by Gasteiger charge is 2.14. The molecule has 0 aliphatic rings. The number of rotatable bonds is 6. The number of benzene rings is 2. The zero-order chi connectivity index (χ0) is 17.8. The van der Waals surface area contributed by atoms with Crippen LogP contribution in [0.5, 0.6) is 17.4 Å². The number of hydrogen-bond donors (Lipinski definition) is 1. The molecule has 6 heteroatoms. The van der Waals surface area contributed by atoms with Gasteiger partial charge in [0.1, 0.15) is 11.5 Å². The standard InChI is InChI=1S/C19H19N3O3/c1-12(2)24-17-7-5-4-6-16(17)14-8-10-15(11-9-14)25-19-18(13(3)23)20-22-21-19/h4-12H,1-3H3,(H,20,21,22). The van der Waals surface area contributed by atoms with Crippen LogP contribution in [0, 0.1) is 0 Å². The van der Waals surface area contributed by atoms with Crippen LogP contribution in [0.15, 0.2) is 48.5 Å². The molecule has 2 aromatic carbocycles. The molecule has 0 fully saturated rings. The quantitative estimate of drug-likeness (QED) is 0.680. The van der Waals surface area contributed by atoms with Gasteiger partial charge in [0.2, 0.25) is 5.88 Å². The van der Waals surface area contributed by atoms with E-state index in [1.807, 2.05) is 62.4 Å². The van der Waals surface area contributed by atoms with Gasteiger partial charge in [-0.2, -0.15) is 0 Å². The molecule has 0 unspecified atom stereocenters. The molecular weight excluding hydrogens is 318 g/mol. The molecule has 1 aromatic heterocycles. The second-order valence-electron chi connectivity index (χ2n) is 5.83. The van der Waals surface area contributed by atoms with Crippen molar-refractivity contribution in [1.29, 1.82) is 0 Å². The summed E-state index contributed by atoms with van der Waals surface area (Å²) < 4.78 is 11.5. The van der Waals surface area contributed by atoms with E-state index in [2.05, 4.69) is 15.4 Å². The Balaban J connectivity index is 1.84. The smallest absolute Gasteiger partial charge is 0.246 e. The van der Waals surface area contributed by atoms with Gasteiger partial charge in [0.05, 0.1) is 6.10 Å². The van der Waals surface area contributed by atoms with Gasteiger partial charge in [-0.1, -0.05) is 35.5 Å². The Hall–Kier alpha value is -3.15. The molecule has 0 saturated heterocycles. The Morgan fingerprint density at radius 1 is 1.08 bits per heavy atom. The molecule has 1 heterocycles. The minimum atomic E-state index is -0.208. The number of aromatic amines is 1. The highest BCUT2D eigenvalue weighted by atomic mass is 16.5. The van der Waals surface area contributed by atoms with Crippen molar-refractivity contribution in [2.75, 3.05) is 0 Å². The predicted octanol–water partition coefficient (Wildman–Crippen LogP) is 4.25. The molecule has 0 amide bonds. The molecule has 25 heavy (non-hydrogen) atoms. The van der Waals surface area contributed by atoms with Gasteiger partial charge in [0.25, 0.3) is 0 Å². The number of hydrogen-bond acceptors (Lipinski definition) is 5. The zero-order valence-electron chi connectivity index (χ0n) is 14.3. The van der Waals surface area contributed by atoms with E-state index in [0.29, 0.717) is 5.75 Å². The molecule has 128 valence electrons. The summed E-state index contributed by atoms with van der Waals surface area (Å²) >= 11 is 0. The highest BCUT2D eigenvalue weighted by molar-refractivity contribution is 5.94. The second-order valence-corrected chi connectivity index (χ2v) is 5.83. The summed E-state index contributed by atoms with van der Waals surface area (Å²) in [6.07, 6.45) is 0.0987. The molecule has 0 radical (unpaired) electrons. The average molecular weight is 337 g/mol. The van der Waals surface area contributed by atoms with E-state index in [1.165, 1.54) is 6.92 Å². The summed E-state index contributed by atoms with van der Waals surface area (Å²) in [6.45, 7) is 5.41. The van der Waals surface area contributed by atoms with Crippen LogP contribution in [0.2, 0.25) is 0 Å².